The maximum absolute atomic E-state index is 14.3. The molecule has 27 heavy (non-hydrogen) atoms. The molecule has 1 fully saturated rings. The van der Waals surface area contributed by atoms with E-state index in [1.165, 1.54) is 11.0 Å². The third-order valence-corrected chi connectivity index (χ3v) is 3.85. The van der Waals surface area contributed by atoms with Gasteiger partial charge in [-0.15, -0.1) is 0 Å². The van der Waals surface area contributed by atoms with Crippen molar-refractivity contribution in [2.75, 3.05) is 37.0 Å². The Morgan fingerprint density at radius 1 is 1.44 bits per heavy atom. The molecule has 0 aliphatic carbocycles. The largest absolute Gasteiger partial charge is 0.444 e. The number of carbonyl (C=O) groups excluding carboxylic acids is 2. The lowest BCUT2D eigenvalue weighted by Crippen LogP contribution is -2.38. The first-order valence-corrected chi connectivity index (χ1v) is 8.70. The molecule has 150 valence electrons. The number of nitrogens with one attached hydrogen (secondary N) is 2. The summed E-state index contributed by atoms with van der Waals surface area (Å²) in [6.45, 7) is 5.33. The molecule has 2 rings (SSSR count). The minimum atomic E-state index is -0.627. The van der Waals surface area contributed by atoms with Gasteiger partial charge >= 0.3 is 12.2 Å². The number of ether oxygens (including phenoxy) is 2. The Labute approximate surface area is 157 Å². The second-order valence-electron chi connectivity index (χ2n) is 7.18. The van der Waals surface area contributed by atoms with E-state index >= 15 is 0 Å². The smallest absolute Gasteiger partial charge is 0.414 e. The molecule has 0 aromatic heterocycles. The summed E-state index contributed by atoms with van der Waals surface area (Å²) in [5.41, 5.74) is 0.541. The number of rotatable bonds is 6. The van der Waals surface area contributed by atoms with Crippen molar-refractivity contribution >= 4 is 23.6 Å². The third kappa shape index (κ3) is 5.46. The zero-order valence-corrected chi connectivity index (χ0v) is 16.0. The van der Waals surface area contributed by atoms with Crippen molar-refractivity contribution in [3.8, 4) is 0 Å². The predicted octanol–water partition coefficient (Wildman–Crippen LogP) is 2.25. The first-order valence-electron chi connectivity index (χ1n) is 8.70. The Morgan fingerprint density at radius 3 is 2.74 bits per heavy atom. The van der Waals surface area contributed by atoms with Gasteiger partial charge in [0.2, 0.25) is 0 Å². The van der Waals surface area contributed by atoms with Crippen LogP contribution in [0.4, 0.5) is 25.4 Å². The number of nitrogens with zero attached hydrogens (tertiary/aromatic N) is 1. The van der Waals surface area contributed by atoms with E-state index in [0.717, 1.165) is 0 Å². The molecule has 9 heteroatoms. The second-order valence-corrected chi connectivity index (χ2v) is 7.18. The Bertz CT molecular complexity index is 705. The summed E-state index contributed by atoms with van der Waals surface area (Å²) in [7, 11) is 1.58. The van der Waals surface area contributed by atoms with Crippen LogP contribution in [0, 0.1) is 5.82 Å². The lowest BCUT2D eigenvalue weighted by Gasteiger charge is -2.20. The van der Waals surface area contributed by atoms with E-state index in [9.17, 15) is 19.1 Å². The fraction of sp³-hybridized carbons (Fsp3) is 0.556. The van der Waals surface area contributed by atoms with Gasteiger partial charge in [0.05, 0.1) is 24.5 Å². The molecule has 1 aromatic rings. The lowest BCUT2D eigenvalue weighted by molar-refractivity contribution is 0.0496. The normalized spacial score (nSPS) is 16.9. The van der Waals surface area contributed by atoms with E-state index in [1.807, 2.05) is 0 Å². The van der Waals surface area contributed by atoms with Crippen LogP contribution in [0.1, 0.15) is 26.3 Å². The Balaban J connectivity index is 2.06. The third-order valence-electron chi connectivity index (χ3n) is 3.85. The van der Waals surface area contributed by atoms with Gasteiger partial charge in [0.15, 0.2) is 0 Å². The quantitative estimate of drug-likeness (QED) is 0.697. The summed E-state index contributed by atoms with van der Waals surface area (Å²) in [4.78, 5) is 25.2. The summed E-state index contributed by atoms with van der Waals surface area (Å²) in [6.07, 6.45) is -1.57. The number of aliphatic hydroxyl groups is 1. The molecule has 1 saturated heterocycles. The van der Waals surface area contributed by atoms with Crippen molar-refractivity contribution in [3.05, 3.63) is 23.5 Å². The molecule has 1 aromatic carbocycles. The fourth-order valence-electron chi connectivity index (χ4n) is 2.75. The summed E-state index contributed by atoms with van der Waals surface area (Å²) < 4.78 is 24.7. The summed E-state index contributed by atoms with van der Waals surface area (Å²) in [5.74, 6) is -0.526. The number of anilines is 2. The Hall–Kier alpha value is -2.55. The number of cyclic esters (lactones) is 1. The van der Waals surface area contributed by atoms with Crippen molar-refractivity contribution in [3.63, 3.8) is 0 Å². The highest BCUT2D eigenvalue weighted by Crippen LogP contribution is 2.29. The summed E-state index contributed by atoms with van der Waals surface area (Å²) in [5, 5.41) is 14.5. The summed E-state index contributed by atoms with van der Waals surface area (Å²) in [6, 6.07) is 2.87. The van der Waals surface area contributed by atoms with Gasteiger partial charge < -0.3 is 25.2 Å². The molecule has 1 aliphatic rings. The van der Waals surface area contributed by atoms with Crippen molar-refractivity contribution in [1.29, 1.82) is 0 Å². The number of benzene rings is 1. The summed E-state index contributed by atoms with van der Waals surface area (Å²) >= 11 is 0. The minimum Gasteiger partial charge on any atom is -0.444 e. The zero-order chi connectivity index (χ0) is 20.2. The highest BCUT2D eigenvalue weighted by molar-refractivity contribution is 5.90. The van der Waals surface area contributed by atoms with Gasteiger partial charge in [-0.1, -0.05) is 0 Å². The molecule has 0 radical (unpaired) electrons. The standard InChI is InChI=1S/C18H26FN3O5/c1-18(2,3)27-16(24)21-9-13-10-22(17(25)26-13)12-7-11(5-6-23)15(20-4)14(19)8-12/h7-8,13,20,23H,5-6,9-10H2,1-4H3,(H,21,24)/t13-/m0/s1. The van der Waals surface area contributed by atoms with E-state index in [4.69, 9.17) is 9.47 Å². The van der Waals surface area contributed by atoms with Crippen LogP contribution in [0.2, 0.25) is 0 Å². The highest BCUT2D eigenvalue weighted by Gasteiger charge is 2.33. The van der Waals surface area contributed by atoms with Crippen LogP contribution in [-0.4, -0.2) is 55.7 Å². The Morgan fingerprint density at radius 2 is 2.15 bits per heavy atom. The average Bonchev–Trinajstić information content (AvgIpc) is 2.92. The molecule has 1 atom stereocenters. The van der Waals surface area contributed by atoms with E-state index in [1.54, 1.807) is 33.9 Å². The van der Waals surface area contributed by atoms with Gasteiger partial charge in [0.1, 0.15) is 17.5 Å². The van der Waals surface area contributed by atoms with Crippen LogP contribution < -0.4 is 15.5 Å². The molecule has 0 unspecified atom stereocenters. The van der Waals surface area contributed by atoms with Gasteiger partial charge in [0.25, 0.3) is 0 Å². The minimum absolute atomic E-state index is 0.0811. The van der Waals surface area contributed by atoms with Gasteiger partial charge in [-0.2, -0.15) is 0 Å². The molecular formula is C18H26FN3O5. The number of alkyl carbamates (subject to hydrolysis) is 1. The lowest BCUT2D eigenvalue weighted by atomic mass is 10.1. The average molecular weight is 383 g/mol. The van der Waals surface area contributed by atoms with Crippen molar-refractivity contribution in [2.24, 2.45) is 0 Å². The number of aliphatic hydroxyl groups excluding tert-OH is 1. The SMILES string of the molecule is CNc1c(F)cc(N2C[C@H](CNC(=O)OC(C)(C)C)OC2=O)cc1CCO. The fourth-order valence-corrected chi connectivity index (χ4v) is 2.75. The van der Waals surface area contributed by atoms with Crippen LogP contribution in [0.5, 0.6) is 0 Å². The topological polar surface area (TPSA) is 100 Å². The van der Waals surface area contributed by atoms with Gasteiger partial charge in [-0.3, -0.25) is 4.90 Å². The van der Waals surface area contributed by atoms with Crippen LogP contribution in [0.15, 0.2) is 12.1 Å². The number of hydrogen-bond donors (Lipinski definition) is 3. The monoisotopic (exact) mass is 383 g/mol. The van der Waals surface area contributed by atoms with Crippen LogP contribution in [0.3, 0.4) is 0 Å². The molecule has 0 spiro atoms. The maximum Gasteiger partial charge on any atom is 0.414 e. The van der Waals surface area contributed by atoms with Crippen LogP contribution in [-0.2, 0) is 15.9 Å². The first kappa shape index (κ1) is 20.8. The molecule has 3 N–H and O–H groups in total. The van der Waals surface area contributed by atoms with Crippen molar-refractivity contribution in [2.45, 2.75) is 38.9 Å². The number of hydrogen-bond acceptors (Lipinski definition) is 6. The van der Waals surface area contributed by atoms with E-state index in [2.05, 4.69) is 10.6 Å². The van der Waals surface area contributed by atoms with Crippen LogP contribution >= 0.6 is 0 Å². The molecule has 0 bridgehead atoms. The molecule has 0 saturated carbocycles. The first-order chi connectivity index (χ1) is 12.6. The van der Waals surface area contributed by atoms with Crippen LogP contribution in [0.25, 0.3) is 0 Å². The predicted molar refractivity (Wildman–Crippen MR) is 98.6 cm³/mol. The van der Waals surface area contributed by atoms with E-state index < -0.39 is 29.7 Å². The second kappa shape index (κ2) is 8.43. The van der Waals surface area contributed by atoms with Crippen molar-refractivity contribution < 1.29 is 28.6 Å². The van der Waals surface area contributed by atoms with Gasteiger partial charge in [0, 0.05) is 13.7 Å². The molecule has 2 amide bonds. The molecule has 8 nitrogen and oxygen atoms in total. The Kier molecular flexibility index (Phi) is 6.48. The maximum atomic E-state index is 14.3. The van der Waals surface area contributed by atoms with E-state index in [-0.39, 0.29) is 31.8 Å². The molecular weight excluding hydrogens is 357 g/mol. The highest BCUT2D eigenvalue weighted by atomic mass is 19.1. The zero-order valence-electron chi connectivity index (χ0n) is 16.0. The van der Waals surface area contributed by atoms with E-state index in [0.29, 0.717) is 11.3 Å². The molecule has 1 heterocycles. The van der Waals surface area contributed by atoms with Gasteiger partial charge in [-0.25, -0.2) is 14.0 Å². The number of halogens is 1. The molecule has 1 aliphatic heterocycles. The van der Waals surface area contributed by atoms with Gasteiger partial charge in [-0.05, 0) is 44.9 Å². The number of carbonyl (C=O) groups is 2. The number of amides is 2. The van der Waals surface area contributed by atoms with Crippen molar-refractivity contribution in [1.82, 2.24) is 5.32 Å².